The number of piperidine rings is 1. The molecular weight excluding hydrogens is 250 g/mol. The van der Waals surface area contributed by atoms with Crippen LogP contribution in [0.4, 0.5) is 8.78 Å². The highest BCUT2D eigenvalue weighted by molar-refractivity contribution is 5.94. The second-order valence-electron chi connectivity index (χ2n) is 4.97. The van der Waals surface area contributed by atoms with Gasteiger partial charge in [0.05, 0.1) is 0 Å². The molecule has 5 heteroatoms. The van der Waals surface area contributed by atoms with Crippen molar-refractivity contribution in [3.05, 3.63) is 35.4 Å². The number of nitrogens with zero attached hydrogens (tertiary/aromatic N) is 1. The van der Waals surface area contributed by atoms with Gasteiger partial charge in [0.15, 0.2) is 0 Å². The minimum atomic E-state index is -0.812. The number of rotatable bonds is 2. The Kier molecular flexibility index (Phi) is 4.14. The van der Waals surface area contributed by atoms with Gasteiger partial charge in [0, 0.05) is 19.1 Å². The van der Waals surface area contributed by atoms with Crippen molar-refractivity contribution in [1.82, 2.24) is 4.90 Å². The van der Waals surface area contributed by atoms with Gasteiger partial charge < -0.3 is 10.6 Å². The molecule has 2 atom stereocenters. The molecule has 0 saturated carbocycles. The zero-order chi connectivity index (χ0) is 14.0. The first-order chi connectivity index (χ1) is 9.04. The first-order valence-electron chi connectivity index (χ1n) is 6.53. The van der Waals surface area contributed by atoms with Crippen LogP contribution < -0.4 is 5.73 Å². The third-order valence-electron chi connectivity index (χ3n) is 3.78. The molecule has 1 heterocycles. The van der Waals surface area contributed by atoms with E-state index in [2.05, 4.69) is 0 Å². The molecule has 1 saturated heterocycles. The van der Waals surface area contributed by atoms with Gasteiger partial charge in [0.25, 0.3) is 5.91 Å². The highest BCUT2D eigenvalue weighted by Gasteiger charge is 2.30. The molecule has 1 aromatic carbocycles. The molecule has 1 aromatic rings. The maximum Gasteiger partial charge on any atom is 0.259 e. The van der Waals surface area contributed by atoms with Gasteiger partial charge in [-0.05, 0) is 24.5 Å². The standard InChI is InChI=1S/C14H18F2N2O/c1-2-9-8-18(7-6-12(9)17)14(19)13-10(15)4-3-5-11(13)16/h3-5,9,12H,2,6-8,17H2,1H3. The summed E-state index contributed by atoms with van der Waals surface area (Å²) in [4.78, 5) is 13.7. The van der Waals surface area contributed by atoms with E-state index in [1.807, 2.05) is 6.92 Å². The maximum absolute atomic E-state index is 13.6. The lowest BCUT2D eigenvalue weighted by atomic mass is 9.90. The smallest absolute Gasteiger partial charge is 0.259 e. The highest BCUT2D eigenvalue weighted by atomic mass is 19.1. The molecular formula is C14H18F2N2O. The van der Waals surface area contributed by atoms with E-state index in [-0.39, 0.29) is 12.0 Å². The predicted molar refractivity (Wildman–Crippen MR) is 68.6 cm³/mol. The Morgan fingerprint density at radius 3 is 2.63 bits per heavy atom. The summed E-state index contributed by atoms with van der Waals surface area (Å²) in [6.45, 7) is 2.91. The Morgan fingerprint density at radius 1 is 1.42 bits per heavy atom. The predicted octanol–water partition coefficient (Wildman–Crippen LogP) is 2.16. The molecule has 2 N–H and O–H groups in total. The van der Waals surface area contributed by atoms with Gasteiger partial charge in [-0.2, -0.15) is 0 Å². The number of benzene rings is 1. The van der Waals surface area contributed by atoms with Crippen LogP contribution in [0.2, 0.25) is 0 Å². The number of hydrogen-bond donors (Lipinski definition) is 1. The van der Waals surface area contributed by atoms with Crippen molar-refractivity contribution < 1.29 is 13.6 Å². The number of carbonyl (C=O) groups excluding carboxylic acids is 1. The van der Waals surface area contributed by atoms with E-state index in [0.29, 0.717) is 19.5 Å². The van der Waals surface area contributed by atoms with Gasteiger partial charge in [-0.25, -0.2) is 8.78 Å². The van der Waals surface area contributed by atoms with Crippen molar-refractivity contribution in [3.8, 4) is 0 Å². The number of nitrogens with two attached hydrogens (primary N) is 1. The summed E-state index contributed by atoms with van der Waals surface area (Å²) in [6, 6.07) is 3.51. The van der Waals surface area contributed by atoms with Crippen LogP contribution >= 0.6 is 0 Å². The number of halogens is 2. The highest BCUT2D eigenvalue weighted by Crippen LogP contribution is 2.22. The third kappa shape index (κ3) is 2.76. The second-order valence-corrected chi connectivity index (χ2v) is 4.97. The lowest BCUT2D eigenvalue weighted by Crippen LogP contribution is -2.49. The van der Waals surface area contributed by atoms with E-state index in [9.17, 15) is 13.6 Å². The quantitative estimate of drug-likeness (QED) is 0.893. The SMILES string of the molecule is CCC1CN(C(=O)c2c(F)cccc2F)CCC1N. The van der Waals surface area contributed by atoms with Crippen LogP contribution in [0, 0.1) is 17.6 Å². The largest absolute Gasteiger partial charge is 0.338 e. The summed E-state index contributed by atoms with van der Waals surface area (Å²) in [5, 5.41) is 0. The summed E-state index contributed by atoms with van der Waals surface area (Å²) < 4.78 is 27.2. The van der Waals surface area contributed by atoms with Gasteiger partial charge in [-0.1, -0.05) is 19.4 Å². The molecule has 0 aliphatic carbocycles. The van der Waals surface area contributed by atoms with Gasteiger partial charge in [-0.3, -0.25) is 4.79 Å². The van der Waals surface area contributed by atoms with E-state index in [0.717, 1.165) is 18.6 Å². The van der Waals surface area contributed by atoms with Crippen LogP contribution in [0.1, 0.15) is 30.1 Å². The molecule has 1 aliphatic rings. The molecule has 0 aromatic heterocycles. The lowest BCUT2D eigenvalue weighted by Gasteiger charge is -2.36. The average Bonchev–Trinajstić information content (AvgIpc) is 2.39. The van der Waals surface area contributed by atoms with E-state index < -0.39 is 23.1 Å². The van der Waals surface area contributed by atoms with Crippen molar-refractivity contribution in [2.24, 2.45) is 11.7 Å². The molecule has 1 aliphatic heterocycles. The van der Waals surface area contributed by atoms with E-state index >= 15 is 0 Å². The normalized spacial score (nSPS) is 23.5. The molecule has 0 bridgehead atoms. The van der Waals surface area contributed by atoms with Crippen molar-refractivity contribution in [3.63, 3.8) is 0 Å². The fourth-order valence-electron chi connectivity index (χ4n) is 2.53. The minimum absolute atomic E-state index is 0.0551. The fourth-order valence-corrected chi connectivity index (χ4v) is 2.53. The first kappa shape index (κ1) is 13.9. The minimum Gasteiger partial charge on any atom is -0.338 e. The molecule has 2 rings (SSSR count). The van der Waals surface area contributed by atoms with Crippen LogP contribution in [0.3, 0.4) is 0 Å². The zero-order valence-corrected chi connectivity index (χ0v) is 10.9. The molecule has 104 valence electrons. The molecule has 19 heavy (non-hydrogen) atoms. The number of hydrogen-bond acceptors (Lipinski definition) is 2. The van der Waals surface area contributed by atoms with Crippen LogP contribution in [0.5, 0.6) is 0 Å². The van der Waals surface area contributed by atoms with Crippen LogP contribution in [0.15, 0.2) is 18.2 Å². The Morgan fingerprint density at radius 2 is 2.05 bits per heavy atom. The molecule has 1 amide bonds. The molecule has 0 radical (unpaired) electrons. The van der Waals surface area contributed by atoms with E-state index in [1.54, 1.807) is 0 Å². The Bertz CT molecular complexity index is 458. The monoisotopic (exact) mass is 268 g/mol. The summed E-state index contributed by atoms with van der Waals surface area (Å²) in [6.07, 6.45) is 1.52. The lowest BCUT2D eigenvalue weighted by molar-refractivity contribution is 0.0639. The first-order valence-corrected chi connectivity index (χ1v) is 6.53. The van der Waals surface area contributed by atoms with Gasteiger partial charge in [0.2, 0.25) is 0 Å². The van der Waals surface area contributed by atoms with Crippen LogP contribution in [-0.2, 0) is 0 Å². The van der Waals surface area contributed by atoms with Crippen molar-refractivity contribution in [2.45, 2.75) is 25.8 Å². The fraction of sp³-hybridized carbons (Fsp3) is 0.500. The topological polar surface area (TPSA) is 46.3 Å². The molecule has 0 spiro atoms. The molecule has 2 unspecified atom stereocenters. The van der Waals surface area contributed by atoms with Crippen molar-refractivity contribution >= 4 is 5.91 Å². The zero-order valence-electron chi connectivity index (χ0n) is 10.9. The van der Waals surface area contributed by atoms with Gasteiger partial charge >= 0.3 is 0 Å². The summed E-state index contributed by atoms with van der Waals surface area (Å²) in [5.41, 5.74) is 5.50. The number of likely N-dealkylation sites (tertiary alicyclic amines) is 1. The Hall–Kier alpha value is -1.49. The van der Waals surface area contributed by atoms with Crippen LogP contribution in [0.25, 0.3) is 0 Å². The average molecular weight is 268 g/mol. The van der Waals surface area contributed by atoms with Gasteiger partial charge in [0.1, 0.15) is 17.2 Å². The second kappa shape index (κ2) is 5.65. The summed E-state index contributed by atoms with van der Waals surface area (Å²) in [7, 11) is 0. The molecule has 3 nitrogen and oxygen atoms in total. The Balaban J connectivity index is 2.20. The van der Waals surface area contributed by atoms with Crippen molar-refractivity contribution in [1.29, 1.82) is 0 Å². The molecule has 1 fully saturated rings. The summed E-state index contributed by atoms with van der Waals surface area (Å²) >= 11 is 0. The maximum atomic E-state index is 13.6. The van der Waals surface area contributed by atoms with E-state index in [1.165, 1.54) is 11.0 Å². The van der Waals surface area contributed by atoms with Crippen LogP contribution in [-0.4, -0.2) is 29.9 Å². The third-order valence-corrected chi connectivity index (χ3v) is 3.78. The number of amides is 1. The van der Waals surface area contributed by atoms with Gasteiger partial charge in [-0.15, -0.1) is 0 Å². The number of carbonyl (C=O) groups is 1. The van der Waals surface area contributed by atoms with E-state index in [4.69, 9.17) is 5.73 Å². The van der Waals surface area contributed by atoms with Crippen molar-refractivity contribution in [2.75, 3.05) is 13.1 Å². The summed E-state index contributed by atoms with van der Waals surface area (Å²) in [5.74, 6) is -2.02. The Labute approximate surface area is 111 Å².